The lowest BCUT2D eigenvalue weighted by atomic mass is 10.3. The standard InChI is InChI=1S/C17H21N3O4S/c1-2-24-16-8-4-3-7-14(16)19-25(22,23)13-11-15(18-12-13)17(21)20-9-5-6-10-20/h3-4,7-8,11-12,18-19H,2,5-6,9-10H2,1H3. The van der Waals surface area contributed by atoms with Crippen LogP contribution in [0.1, 0.15) is 30.3 Å². The smallest absolute Gasteiger partial charge is 0.270 e. The van der Waals surface area contributed by atoms with Gasteiger partial charge in [0.15, 0.2) is 0 Å². The van der Waals surface area contributed by atoms with Crippen molar-refractivity contribution in [2.24, 2.45) is 0 Å². The highest BCUT2D eigenvalue weighted by atomic mass is 32.2. The van der Waals surface area contributed by atoms with Crippen LogP contribution in [0.15, 0.2) is 41.4 Å². The van der Waals surface area contributed by atoms with E-state index in [1.165, 1.54) is 12.3 Å². The van der Waals surface area contributed by atoms with E-state index in [2.05, 4.69) is 9.71 Å². The Hall–Kier alpha value is -2.48. The molecule has 2 aromatic rings. The largest absolute Gasteiger partial charge is 0.492 e. The molecule has 1 saturated heterocycles. The molecular formula is C17H21N3O4S. The summed E-state index contributed by atoms with van der Waals surface area (Å²) in [6, 6.07) is 8.18. The number of H-pyrrole nitrogens is 1. The molecule has 1 aliphatic heterocycles. The lowest BCUT2D eigenvalue weighted by Gasteiger charge is -2.13. The van der Waals surface area contributed by atoms with Crippen molar-refractivity contribution in [2.75, 3.05) is 24.4 Å². The van der Waals surface area contributed by atoms with Crippen LogP contribution in [0, 0.1) is 0 Å². The van der Waals surface area contributed by atoms with Gasteiger partial charge in [0.1, 0.15) is 16.3 Å². The number of carbonyl (C=O) groups is 1. The molecule has 2 N–H and O–H groups in total. The van der Waals surface area contributed by atoms with Crippen molar-refractivity contribution in [3.63, 3.8) is 0 Å². The van der Waals surface area contributed by atoms with Crippen LogP contribution >= 0.6 is 0 Å². The van der Waals surface area contributed by atoms with Gasteiger partial charge < -0.3 is 14.6 Å². The van der Waals surface area contributed by atoms with Crippen molar-refractivity contribution in [1.29, 1.82) is 0 Å². The number of nitrogens with zero attached hydrogens (tertiary/aromatic N) is 1. The molecule has 0 aliphatic carbocycles. The molecule has 0 spiro atoms. The highest BCUT2D eigenvalue weighted by molar-refractivity contribution is 7.92. The fourth-order valence-corrected chi connectivity index (χ4v) is 3.84. The van der Waals surface area contributed by atoms with E-state index in [0.717, 1.165) is 12.8 Å². The first-order valence-corrected chi connectivity index (χ1v) is 9.72. The van der Waals surface area contributed by atoms with Crippen LogP contribution in [0.5, 0.6) is 5.75 Å². The number of likely N-dealkylation sites (tertiary alicyclic amines) is 1. The SMILES string of the molecule is CCOc1ccccc1NS(=O)(=O)c1c[nH]c(C(=O)N2CCCC2)c1. The van der Waals surface area contributed by atoms with Crippen LogP contribution in [0.25, 0.3) is 0 Å². The summed E-state index contributed by atoms with van der Waals surface area (Å²) in [4.78, 5) is 16.9. The summed E-state index contributed by atoms with van der Waals surface area (Å²) in [7, 11) is -3.82. The van der Waals surface area contributed by atoms with Crippen molar-refractivity contribution >= 4 is 21.6 Å². The highest BCUT2D eigenvalue weighted by Gasteiger charge is 2.24. The number of rotatable bonds is 6. The molecular weight excluding hydrogens is 342 g/mol. The Morgan fingerprint density at radius 1 is 1.28 bits per heavy atom. The number of para-hydroxylation sites is 2. The molecule has 2 heterocycles. The molecule has 1 amide bonds. The van der Waals surface area contributed by atoms with Crippen LogP contribution in [0.3, 0.4) is 0 Å². The summed E-state index contributed by atoms with van der Waals surface area (Å²) in [5.41, 5.74) is 0.637. The quantitative estimate of drug-likeness (QED) is 0.825. The number of aromatic nitrogens is 1. The third-order valence-electron chi connectivity index (χ3n) is 4.02. The van der Waals surface area contributed by atoms with Crippen molar-refractivity contribution in [3.05, 3.63) is 42.2 Å². The van der Waals surface area contributed by atoms with Gasteiger partial charge in [-0.3, -0.25) is 9.52 Å². The number of carbonyl (C=O) groups excluding carboxylic acids is 1. The summed E-state index contributed by atoms with van der Waals surface area (Å²) >= 11 is 0. The summed E-state index contributed by atoms with van der Waals surface area (Å²) in [6.07, 6.45) is 3.29. The van der Waals surface area contributed by atoms with Crippen molar-refractivity contribution in [1.82, 2.24) is 9.88 Å². The summed E-state index contributed by atoms with van der Waals surface area (Å²) in [5.74, 6) is 0.283. The van der Waals surface area contributed by atoms with Crippen LogP contribution < -0.4 is 9.46 Å². The maximum absolute atomic E-state index is 12.6. The van der Waals surface area contributed by atoms with Gasteiger partial charge >= 0.3 is 0 Å². The average molecular weight is 363 g/mol. The molecule has 1 aliphatic rings. The van der Waals surface area contributed by atoms with Gasteiger partial charge in [-0.25, -0.2) is 8.42 Å². The Labute approximate surface area is 147 Å². The van der Waals surface area contributed by atoms with Gasteiger partial charge in [-0.2, -0.15) is 0 Å². The Balaban J connectivity index is 1.80. The van der Waals surface area contributed by atoms with Gasteiger partial charge in [0, 0.05) is 19.3 Å². The van der Waals surface area contributed by atoms with E-state index in [-0.39, 0.29) is 16.5 Å². The first kappa shape index (κ1) is 17.3. The van der Waals surface area contributed by atoms with Crippen molar-refractivity contribution < 1.29 is 17.9 Å². The number of benzene rings is 1. The molecule has 0 atom stereocenters. The van der Waals surface area contributed by atoms with Crippen LogP contribution in [0.2, 0.25) is 0 Å². The number of ether oxygens (including phenoxy) is 1. The van der Waals surface area contributed by atoms with Gasteiger partial charge in [-0.05, 0) is 38.0 Å². The second kappa shape index (κ2) is 7.18. The van der Waals surface area contributed by atoms with Gasteiger partial charge in [-0.15, -0.1) is 0 Å². The topological polar surface area (TPSA) is 91.5 Å². The van der Waals surface area contributed by atoms with E-state index >= 15 is 0 Å². The van der Waals surface area contributed by atoms with Crippen LogP contribution in [-0.2, 0) is 10.0 Å². The molecule has 0 unspecified atom stereocenters. The zero-order valence-corrected chi connectivity index (χ0v) is 14.8. The molecule has 7 nitrogen and oxygen atoms in total. The Kier molecular flexibility index (Phi) is 4.98. The van der Waals surface area contributed by atoms with E-state index in [1.807, 2.05) is 6.92 Å². The first-order chi connectivity index (χ1) is 12.0. The van der Waals surface area contributed by atoms with Gasteiger partial charge in [-0.1, -0.05) is 12.1 Å². The van der Waals surface area contributed by atoms with Gasteiger partial charge in [0.2, 0.25) is 0 Å². The molecule has 0 saturated carbocycles. The third kappa shape index (κ3) is 3.79. The van der Waals surface area contributed by atoms with E-state index in [4.69, 9.17) is 4.74 Å². The molecule has 8 heteroatoms. The van der Waals surface area contributed by atoms with Gasteiger partial charge in [0.05, 0.1) is 12.3 Å². The minimum absolute atomic E-state index is 0.0151. The monoisotopic (exact) mass is 363 g/mol. The number of aromatic amines is 1. The van der Waals surface area contributed by atoms with Gasteiger partial charge in [0.25, 0.3) is 15.9 Å². The molecule has 1 aromatic carbocycles. The summed E-state index contributed by atoms with van der Waals surface area (Å²) in [6.45, 7) is 3.67. The molecule has 0 radical (unpaired) electrons. The molecule has 25 heavy (non-hydrogen) atoms. The normalized spacial score (nSPS) is 14.5. The van der Waals surface area contributed by atoms with Crippen molar-refractivity contribution in [2.45, 2.75) is 24.7 Å². The fourth-order valence-electron chi connectivity index (χ4n) is 2.78. The van der Waals surface area contributed by atoms with Crippen LogP contribution in [-0.4, -0.2) is 43.9 Å². The Bertz CT molecular complexity index is 854. The minimum Gasteiger partial charge on any atom is -0.492 e. The molecule has 1 fully saturated rings. The van der Waals surface area contributed by atoms with E-state index in [9.17, 15) is 13.2 Å². The predicted octanol–water partition coefficient (Wildman–Crippen LogP) is 2.45. The van der Waals surface area contributed by atoms with E-state index in [0.29, 0.717) is 31.1 Å². The Morgan fingerprint density at radius 2 is 2.00 bits per heavy atom. The maximum Gasteiger partial charge on any atom is 0.270 e. The van der Waals surface area contributed by atoms with Crippen molar-refractivity contribution in [3.8, 4) is 5.75 Å². The third-order valence-corrected chi connectivity index (χ3v) is 5.37. The summed E-state index contributed by atoms with van der Waals surface area (Å²) in [5, 5.41) is 0. The maximum atomic E-state index is 12.6. The second-order valence-corrected chi connectivity index (χ2v) is 7.47. The number of sulfonamides is 1. The second-order valence-electron chi connectivity index (χ2n) is 5.78. The number of anilines is 1. The fraction of sp³-hybridized carbons (Fsp3) is 0.353. The molecule has 1 aromatic heterocycles. The number of hydrogen-bond donors (Lipinski definition) is 2. The minimum atomic E-state index is -3.82. The zero-order chi connectivity index (χ0) is 17.9. The first-order valence-electron chi connectivity index (χ1n) is 8.23. The predicted molar refractivity (Wildman–Crippen MR) is 94.3 cm³/mol. The van der Waals surface area contributed by atoms with E-state index < -0.39 is 10.0 Å². The van der Waals surface area contributed by atoms with E-state index in [1.54, 1.807) is 29.2 Å². The average Bonchev–Trinajstić information content (AvgIpc) is 3.28. The van der Waals surface area contributed by atoms with Crippen LogP contribution in [0.4, 0.5) is 5.69 Å². The highest BCUT2D eigenvalue weighted by Crippen LogP contribution is 2.27. The lowest BCUT2D eigenvalue weighted by Crippen LogP contribution is -2.27. The lowest BCUT2D eigenvalue weighted by molar-refractivity contribution is 0.0787. The zero-order valence-electron chi connectivity index (χ0n) is 14.0. The summed E-state index contributed by atoms with van der Waals surface area (Å²) < 4.78 is 33.2. The molecule has 3 rings (SSSR count). The Morgan fingerprint density at radius 3 is 2.72 bits per heavy atom. The molecule has 0 bridgehead atoms. The number of nitrogens with one attached hydrogen (secondary N) is 2. The molecule has 134 valence electrons. The number of hydrogen-bond acceptors (Lipinski definition) is 4. The number of amides is 1.